The van der Waals surface area contributed by atoms with E-state index < -0.39 is 23.4 Å². The first kappa shape index (κ1) is 13.2. The van der Waals surface area contributed by atoms with E-state index in [1.54, 1.807) is 0 Å². The molecule has 0 radical (unpaired) electrons. The molecule has 7 heteroatoms. The number of rotatable bonds is 2. The largest absolute Gasteiger partial charge is 0.478 e. The van der Waals surface area contributed by atoms with Crippen molar-refractivity contribution in [1.82, 2.24) is 9.55 Å². The van der Waals surface area contributed by atoms with Gasteiger partial charge in [0.05, 0.1) is 22.3 Å². The number of nitrogens with zero attached hydrogens (tertiary/aromatic N) is 2. The van der Waals surface area contributed by atoms with Crippen molar-refractivity contribution in [3.8, 4) is 5.69 Å². The zero-order chi connectivity index (χ0) is 15.1. The maximum atomic E-state index is 13.8. The summed E-state index contributed by atoms with van der Waals surface area (Å²) in [5.74, 6) is -4.69. The quantitative estimate of drug-likeness (QED) is 0.738. The molecule has 3 rings (SSSR count). The first-order valence-corrected chi connectivity index (χ1v) is 5.82. The lowest BCUT2D eigenvalue weighted by atomic mass is 10.2. The van der Waals surface area contributed by atoms with Crippen molar-refractivity contribution in [2.24, 2.45) is 0 Å². The number of carbonyl (C=O) groups is 1. The zero-order valence-electron chi connectivity index (χ0n) is 10.3. The molecule has 1 aromatic heterocycles. The van der Waals surface area contributed by atoms with Gasteiger partial charge in [-0.1, -0.05) is 0 Å². The predicted molar refractivity (Wildman–Crippen MR) is 67.9 cm³/mol. The summed E-state index contributed by atoms with van der Waals surface area (Å²) in [5.41, 5.74) is 0.196. The summed E-state index contributed by atoms with van der Waals surface area (Å²) in [7, 11) is 0. The Bertz CT molecular complexity index is 874. The Hall–Kier alpha value is -2.83. The second-order valence-electron chi connectivity index (χ2n) is 4.34. The topological polar surface area (TPSA) is 55.1 Å². The van der Waals surface area contributed by atoms with Gasteiger partial charge in [-0.2, -0.15) is 0 Å². The third kappa shape index (κ3) is 2.12. The number of aromatic nitrogens is 2. The van der Waals surface area contributed by atoms with Crippen molar-refractivity contribution in [3.63, 3.8) is 0 Å². The van der Waals surface area contributed by atoms with Gasteiger partial charge in [-0.25, -0.2) is 22.9 Å². The smallest absolute Gasteiger partial charge is 0.335 e. The van der Waals surface area contributed by atoms with Crippen molar-refractivity contribution in [3.05, 3.63) is 59.7 Å². The summed E-state index contributed by atoms with van der Waals surface area (Å²) >= 11 is 0. The van der Waals surface area contributed by atoms with Crippen LogP contribution < -0.4 is 0 Å². The zero-order valence-corrected chi connectivity index (χ0v) is 10.3. The van der Waals surface area contributed by atoms with Crippen LogP contribution >= 0.6 is 0 Å². The van der Waals surface area contributed by atoms with Gasteiger partial charge in [0, 0.05) is 12.1 Å². The molecule has 1 N–H and O–H groups in total. The molecule has 4 nitrogen and oxygen atoms in total. The number of aromatic carboxylic acids is 1. The van der Waals surface area contributed by atoms with Crippen LogP contribution in [-0.2, 0) is 0 Å². The van der Waals surface area contributed by atoms with Crippen LogP contribution in [0.4, 0.5) is 13.2 Å². The van der Waals surface area contributed by atoms with E-state index in [1.807, 2.05) is 0 Å². The number of halogens is 3. The van der Waals surface area contributed by atoms with E-state index in [2.05, 4.69) is 4.98 Å². The average Bonchev–Trinajstić information content (AvgIpc) is 2.85. The summed E-state index contributed by atoms with van der Waals surface area (Å²) in [6, 6.07) is 5.27. The van der Waals surface area contributed by atoms with E-state index >= 15 is 0 Å². The molecule has 0 aliphatic heterocycles. The molecule has 0 fully saturated rings. The Morgan fingerprint density at radius 2 is 1.90 bits per heavy atom. The minimum absolute atomic E-state index is 0.0402. The van der Waals surface area contributed by atoms with Crippen molar-refractivity contribution in [2.75, 3.05) is 0 Å². The number of hydrogen-bond acceptors (Lipinski definition) is 2. The van der Waals surface area contributed by atoms with Gasteiger partial charge < -0.3 is 5.11 Å². The van der Waals surface area contributed by atoms with E-state index in [4.69, 9.17) is 5.11 Å². The second kappa shape index (κ2) is 4.62. The monoisotopic (exact) mass is 292 g/mol. The number of fused-ring (bicyclic) bond motifs is 1. The number of benzene rings is 2. The molecule has 1 heterocycles. The van der Waals surface area contributed by atoms with Crippen molar-refractivity contribution in [2.45, 2.75) is 0 Å². The predicted octanol–water partition coefficient (Wildman–Crippen LogP) is 3.14. The van der Waals surface area contributed by atoms with Gasteiger partial charge in [0.25, 0.3) is 0 Å². The number of imidazole rings is 1. The normalized spacial score (nSPS) is 11.0. The molecule has 0 unspecified atom stereocenters. The minimum atomic E-state index is -1.33. The van der Waals surface area contributed by atoms with Gasteiger partial charge in [-0.05, 0) is 18.2 Å². The van der Waals surface area contributed by atoms with Crippen LogP contribution in [-0.4, -0.2) is 20.6 Å². The molecule has 106 valence electrons. The van der Waals surface area contributed by atoms with Gasteiger partial charge >= 0.3 is 5.97 Å². The molecule has 0 saturated carbocycles. The summed E-state index contributed by atoms with van der Waals surface area (Å²) < 4.78 is 41.5. The van der Waals surface area contributed by atoms with Crippen LogP contribution in [0.2, 0.25) is 0 Å². The first-order chi connectivity index (χ1) is 9.97. The van der Waals surface area contributed by atoms with Crippen molar-refractivity contribution in [1.29, 1.82) is 0 Å². The van der Waals surface area contributed by atoms with Gasteiger partial charge in [0.15, 0.2) is 11.6 Å². The summed E-state index contributed by atoms with van der Waals surface area (Å²) in [6.45, 7) is 0. The van der Waals surface area contributed by atoms with E-state index in [1.165, 1.54) is 24.5 Å². The molecule has 0 aliphatic carbocycles. The minimum Gasteiger partial charge on any atom is -0.478 e. The van der Waals surface area contributed by atoms with Crippen LogP contribution in [0, 0.1) is 17.5 Å². The maximum absolute atomic E-state index is 13.8. The molecule has 0 saturated heterocycles. The van der Waals surface area contributed by atoms with Crippen molar-refractivity contribution < 1.29 is 23.1 Å². The fourth-order valence-electron chi connectivity index (χ4n) is 2.05. The van der Waals surface area contributed by atoms with E-state index in [0.29, 0.717) is 11.6 Å². The number of carboxylic acid groups (broad SMARTS) is 1. The van der Waals surface area contributed by atoms with E-state index in [9.17, 15) is 18.0 Å². The average molecular weight is 292 g/mol. The molecule has 0 atom stereocenters. The highest BCUT2D eigenvalue weighted by atomic mass is 19.2. The highest BCUT2D eigenvalue weighted by Crippen LogP contribution is 2.24. The Kier molecular flexibility index (Phi) is 2.90. The van der Waals surface area contributed by atoms with Crippen LogP contribution in [0.25, 0.3) is 16.7 Å². The lowest BCUT2D eigenvalue weighted by Gasteiger charge is -2.07. The van der Waals surface area contributed by atoms with Crippen LogP contribution in [0.5, 0.6) is 0 Å². The van der Waals surface area contributed by atoms with Crippen molar-refractivity contribution >= 4 is 17.0 Å². The summed E-state index contributed by atoms with van der Waals surface area (Å²) in [4.78, 5) is 14.9. The standard InChI is InChI=1S/C14H7F3N2O2/c15-8-4-9(16)13(17)12(5-8)19-6-18-10-2-1-7(14(20)21)3-11(10)19/h1-6H,(H,20,21). The Labute approximate surface area is 116 Å². The lowest BCUT2D eigenvalue weighted by Crippen LogP contribution is -2.01. The molecule has 0 aliphatic rings. The fraction of sp³-hybridized carbons (Fsp3) is 0. The summed E-state index contributed by atoms with van der Waals surface area (Å²) in [5, 5.41) is 8.96. The third-order valence-electron chi connectivity index (χ3n) is 3.03. The highest BCUT2D eigenvalue weighted by molar-refractivity contribution is 5.92. The highest BCUT2D eigenvalue weighted by Gasteiger charge is 2.16. The van der Waals surface area contributed by atoms with Crippen LogP contribution in [0.1, 0.15) is 10.4 Å². The molecule has 2 aromatic carbocycles. The molecule has 21 heavy (non-hydrogen) atoms. The van der Waals surface area contributed by atoms with Crippen LogP contribution in [0.3, 0.4) is 0 Å². The van der Waals surface area contributed by atoms with E-state index in [-0.39, 0.29) is 16.8 Å². The van der Waals surface area contributed by atoms with Gasteiger partial charge in [0.2, 0.25) is 0 Å². The number of carboxylic acids is 1. The first-order valence-electron chi connectivity index (χ1n) is 5.82. The molecule has 0 spiro atoms. The summed E-state index contributed by atoms with van der Waals surface area (Å²) in [6.07, 6.45) is 1.17. The third-order valence-corrected chi connectivity index (χ3v) is 3.03. The van der Waals surface area contributed by atoms with Crippen LogP contribution in [0.15, 0.2) is 36.7 Å². The number of hydrogen-bond donors (Lipinski definition) is 1. The molecular weight excluding hydrogens is 285 g/mol. The molecule has 0 amide bonds. The Balaban J connectivity index is 2.30. The molecule has 0 bridgehead atoms. The maximum Gasteiger partial charge on any atom is 0.335 e. The van der Waals surface area contributed by atoms with E-state index in [0.717, 1.165) is 10.6 Å². The lowest BCUT2D eigenvalue weighted by molar-refractivity contribution is 0.0697. The van der Waals surface area contributed by atoms with Gasteiger partial charge in [0.1, 0.15) is 12.1 Å². The SMILES string of the molecule is O=C(O)c1ccc2ncn(-c3cc(F)cc(F)c3F)c2c1. The molecular formula is C14H7F3N2O2. The molecule has 3 aromatic rings. The Morgan fingerprint density at radius 1 is 1.14 bits per heavy atom. The Morgan fingerprint density at radius 3 is 2.62 bits per heavy atom. The van der Waals surface area contributed by atoms with Gasteiger partial charge in [-0.3, -0.25) is 4.57 Å². The second-order valence-corrected chi connectivity index (χ2v) is 4.34. The van der Waals surface area contributed by atoms with Gasteiger partial charge in [-0.15, -0.1) is 0 Å². The fourth-order valence-corrected chi connectivity index (χ4v) is 2.05.